The highest BCUT2D eigenvalue weighted by atomic mass is 16.1. The van der Waals surface area contributed by atoms with Crippen molar-refractivity contribution in [2.75, 3.05) is 0 Å². The first-order valence-corrected chi connectivity index (χ1v) is 6.25. The summed E-state index contributed by atoms with van der Waals surface area (Å²) in [4.78, 5) is 11.3. The second-order valence-corrected chi connectivity index (χ2v) is 3.29. The summed E-state index contributed by atoms with van der Waals surface area (Å²) in [5.74, 6) is 0. The smallest absolute Gasteiger partial charge is 0.250 e. The fraction of sp³-hybridized carbons (Fsp3) is 0.400. The van der Waals surface area contributed by atoms with Gasteiger partial charge in [-0.05, 0) is 30.5 Å². The predicted octanol–water partition coefficient (Wildman–Crippen LogP) is 3.90. The van der Waals surface area contributed by atoms with E-state index in [1.165, 1.54) is 5.56 Å². The largest absolute Gasteiger partial charge is 0.311 e. The number of fused-ring (bicyclic) bond motifs is 1. The fourth-order valence-electron chi connectivity index (χ4n) is 1.50. The third kappa shape index (κ3) is 3.74. The number of hydrogen-bond acceptors (Lipinski definition) is 1. The van der Waals surface area contributed by atoms with Crippen LogP contribution in [-0.4, -0.2) is 4.57 Å². The molecule has 0 unspecified atom stereocenters. The van der Waals surface area contributed by atoms with Crippen molar-refractivity contribution in [2.45, 2.75) is 34.6 Å². The Morgan fingerprint density at radius 1 is 0.941 bits per heavy atom. The highest BCUT2D eigenvalue weighted by molar-refractivity contribution is 5.79. The molecule has 2 nitrogen and oxygen atoms in total. The van der Waals surface area contributed by atoms with E-state index < -0.39 is 0 Å². The molecule has 0 atom stereocenters. The van der Waals surface area contributed by atoms with Crippen LogP contribution in [0.3, 0.4) is 0 Å². The lowest BCUT2D eigenvalue weighted by Crippen LogP contribution is -2.14. The normalized spacial score (nSPS) is 8.82. The molecular weight excluding hydrogens is 210 g/mol. The average Bonchev–Trinajstić information content (AvgIpc) is 2.39. The maximum atomic E-state index is 11.3. The Hall–Kier alpha value is -1.57. The molecule has 0 aliphatic rings. The molecule has 0 saturated heterocycles. The molecule has 94 valence electrons. The minimum absolute atomic E-state index is 0.0383. The van der Waals surface area contributed by atoms with Gasteiger partial charge in [-0.15, -0.1) is 0 Å². The highest BCUT2D eigenvalue weighted by Crippen LogP contribution is 2.12. The van der Waals surface area contributed by atoms with Gasteiger partial charge < -0.3 is 4.57 Å². The summed E-state index contributed by atoms with van der Waals surface area (Å²) in [6.07, 6.45) is 0. The van der Waals surface area contributed by atoms with Crippen molar-refractivity contribution in [1.29, 1.82) is 0 Å². The Labute approximate surface area is 104 Å². The number of aromatic nitrogens is 1. The summed E-state index contributed by atoms with van der Waals surface area (Å²) < 4.78 is 1.66. The van der Waals surface area contributed by atoms with Crippen LogP contribution in [0.5, 0.6) is 0 Å². The molecule has 0 spiro atoms. The van der Waals surface area contributed by atoms with E-state index in [0.717, 1.165) is 10.9 Å². The van der Waals surface area contributed by atoms with Crippen molar-refractivity contribution in [1.82, 2.24) is 4.57 Å². The molecule has 2 heteroatoms. The van der Waals surface area contributed by atoms with Crippen LogP contribution in [0.4, 0.5) is 0 Å². The first kappa shape index (κ1) is 15.4. The Balaban J connectivity index is 0.000000581. The van der Waals surface area contributed by atoms with Gasteiger partial charge in [0.25, 0.3) is 5.56 Å². The predicted molar refractivity (Wildman–Crippen MR) is 76.6 cm³/mol. The zero-order chi connectivity index (χ0) is 13.4. The molecular formula is C15H23NO. The number of aryl methyl sites for hydroxylation is 2. The number of nitrogens with zero attached hydrogens (tertiary/aromatic N) is 1. The first-order chi connectivity index (χ1) is 8.18. The van der Waals surface area contributed by atoms with Crippen molar-refractivity contribution < 1.29 is 0 Å². The van der Waals surface area contributed by atoms with Gasteiger partial charge in [-0.1, -0.05) is 39.3 Å². The third-order valence-electron chi connectivity index (χ3n) is 2.28. The highest BCUT2D eigenvalue weighted by Gasteiger charge is 1.97. The van der Waals surface area contributed by atoms with Crippen LogP contribution in [0.1, 0.15) is 33.3 Å². The van der Waals surface area contributed by atoms with Gasteiger partial charge >= 0.3 is 0 Å². The first-order valence-electron chi connectivity index (χ1n) is 6.25. The topological polar surface area (TPSA) is 22.0 Å². The summed E-state index contributed by atoms with van der Waals surface area (Å²) in [5, 5.41) is 1.11. The Kier molecular flexibility index (Phi) is 6.95. The Morgan fingerprint density at radius 2 is 1.53 bits per heavy atom. The van der Waals surface area contributed by atoms with Crippen molar-refractivity contribution in [2.24, 2.45) is 7.05 Å². The maximum absolute atomic E-state index is 11.3. The zero-order valence-electron chi connectivity index (χ0n) is 11.7. The average molecular weight is 233 g/mol. The molecule has 0 aliphatic carbocycles. The van der Waals surface area contributed by atoms with Crippen molar-refractivity contribution in [3.63, 3.8) is 0 Å². The second kappa shape index (κ2) is 7.66. The number of pyridine rings is 1. The quantitative estimate of drug-likeness (QED) is 0.676. The molecule has 0 bridgehead atoms. The lowest BCUT2D eigenvalue weighted by molar-refractivity contribution is 0.906. The molecule has 1 aromatic heterocycles. The fourth-order valence-corrected chi connectivity index (χ4v) is 1.50. The minimum Gasteiger partial charge on any atom is -0.311 e. The van der Waals surface area contributed by atoms with Gasteiger partial charge in [-0.25, -0.2) is 0 Å². The minimum atomic E-state index is 0.0383. The molecule has 0 N–H and O–H groups in total. The van der Waals surface area contributed by atoms with E-state index in [1.807, 2.05) is 52.8 Å². The van der Waals surface area contributed by atoms with Crippen molar-refractivity contribution >= 4 is 10.9 Å². The molecule has 0 fully saturated rings. The molecule has 1 heterocycles. The van der Waals surface area contributed by atoms with E-state index in [9.17, 15) is 4.79 Å². The van der Waals surface area contributed by atoms with Crippen LogP contribution in [0, 0.1) is 6.92 Å². The second-order valence-electron chi connectivity index (χ2n) is 3.29. The molecule has 0 aliphatic heterocycles. The van der Waals surface area contributed by atoms with Gasteiger partial charge in [0.05, 0.1) is 5.52 Å². The van der Waals surface area contributed by atoms with E-state index in [2.05, 4.69) is 6.07 Å². The van der Waals surface area contributed by atoms with Gasteiger partial charge in [-0.3, -0.25) is 4.79 Å². The lowest BCUT2D eigenvalue weighted by Gasteiger charge is -2.04. The van der Waals surface area contributed by atoms with Gasteiger partial charge in [0.1, 0.15) is 0 Å². The molecule has 17 heavy (non-hydrogen) atoms. The Morgan fingerprint density at radius 3 is 2.12 bits per heavy atom. The van der Waals surface area contributed by atoms with E-state index >= 15 is 0 Å². The Bertz CT molecular complexity index is 512. The summed E-state index contributed by atoms with van der Waals surface area (Å²) in [6, 6.07) is 9.54. The van der Waals surface area contributed by atoms with E-state index in [1.54, 1.807) is 17.7 Å². The van der Waals surface area contributed by atoms with Gasteiger partial charge in [0.15, 0.2) is 0 Å². The molecule has 2 aromatic rings. The van der Waals surface area contributed by atoms with E-state index in [4.69, 9.17) is 0 Å². The van der Waals surface area contributed by atoms with Crippen LogP contribution in [-0.2, 0) is 7.05 Å². The summed E-state index contributed by atoms with van der Waals surface area (Å²) in [5.41, 5.74) is 2.24. The monoisotopic (exact) mass is 233 g/mol. The number of rotatable bonds is 0. The van der Waals surface area contributed by atoms with Gasteiger partial charge in [-0.2, -0.15) is 0 Å². The standard InChI is InChI=1S/C11H11NO.2C2H6/c1-8-3-5-10-9(7-8)4-6-11(13)12(10)2;2*1-2/h3-7H,1-2H3;2*1-2H3. The number of benzene rings is 1. The van der Waals surface area contributed by atoms with Gasteiger partial charge in [0.2, 0.25) is 0 Å². The summed E-state index contributed by atoms with van der Waals surface area (Å²) in [6.45, 7) is 10.0. The molecule has 0 amide bonds. The zero-order valence-corrected chi connectivity index (χ0v) is 11.7. The van der Waals surface area contributed by atoms with Crippen molar-refractivity contribution in [3.05, 3.63) is 46.2 Å². The van der Waals surface area contributed by atoms with Gasteiger partial charge in [0, 0.05) is 13.1 Å². The van der Waals surface area contributed by atoms with Crippen LogP contribution in [0.25, 0.3) is 10.9 Å². The summed E-state index contributed by atoms with van der Waals surface area (Å²) >= 11 is 0. The van der Waals surface area contributed by atoms with E-state index in [0.29, 0.717) is 0 Å². The summed E-state index contributed by atoms with van der Waals surface area (Å²) in [7, 11) is 1.79. The van der Waals surface area contributed by atoms with Crippen LogP contribution in [0.15, 0.2) is 35.1 Å². The number of hydrogen-bond donors (Lipinski definition) is 0. The third-order valence-corrected chi connectivity index (χ3v) is 2.28. The van der Waals surface area contributed by atoms with Crippen molar-refractivity contribution in [3.8, 4) is 0 Å². The lowest BCUT2D eigenvalue weighted by atomic mass is 10.1. The van der Waals surface area contributed by atoms with Crippen LogP contribution in [0.2, 0.25) is 0 Å². The molecule has 2 rings (SSSR count). The molecule has 1 aromatic carbocycles. The maximum Gasteiger partial charge on any atom is 0.250 e. The SMILES string of the molecule is CC.CC.Cc1ccc2c(ccc(=O)n2C)c1. The van der Waals surface area contributed by atoms with E-state index in [-0.39, 0.29) is 5.56 Å². The molecule has 0 saturated carbocycles. The molecule has 0 radical (unpaired) electrons. The van der Waals surface area contributed by atoms with Crippen LogP contribution >= 0.6 is 0 Å². The van der Waals surface area contributed by atoms with Crippen LogP contribution < -0.4 is 5.56 Å².